The molecule has 0 bridgehead atoms. The smallest absolute Gasteiger partial charge is 0.317 e. The van der Waals surface area contributed by atoms with Gasteiger partial charge < -0.3 is 20.3 Å². The summed E-state index contributed by atoms with van der Waals surface area (Å²) in [7, 11) is 0. The Kier molecular flexibility index (Phi) is 3.60. The second-order valence-corrected chi connectivity index (χ2v) is 6.77. The van der Waals surface area contributed by atoms with Crippen LogP contribution in [0, 0.1) is 5.82 Å². The molecule has 6 nitrogen and oxygen atoms in total. The van der Waals surface area contributed by atoms with E-state index in [-0.39, 0.29) is 29.3 Å². The molecule has 7 heteroatoms. The Bertz CT molecular complexity index is 609. The number of nitrogens with zero attached hydrogens (tertiary/aromatic N) is 2. The summed E-state index contributed by atoms with van der Waals surface area (Å²) in [6.45, 7) is 1.83. The van der Waals surface area contributed by atoms with E-state index in [9.17, 15) is 9.18 Å². The van der Waals surface area contributed by atoms with Gasteiger partial charge in [-0.3, -0.25) is 0 Å². The van der Waals surface area contributed by atoms with E-state index < -0.39 is 0 Å². The van der Waals surface area contributed by atoms with Crippen LogP contribution < -0.4 is 10.6 Å². The molecule has 2 aliphatic heterocycles. The van der Waals surface area contributed by atoms with E-state index in [1.807, 2.05) is 4.90 Å². The Morgan fingerprint density at radius 1 is 1.43 bits per heavy atom. The van der Waals surface area contributed by atoms with Gasteiger partial charge in [-0.25, -0.2) is 14.2 Å². The summed E-state index contributed by atoms with van der Waals surface area (Å²) in [5, 5.41) is 6.13. The largest absolute Gasteiger partial charge is 0.371 e. The maximum absolute atomic E-state index is 13.7. The number of pyridine rings is 1. The third kappa shape index (κ3) is 3.10. The summed E-state index contributed by atoms with van der Waals surface area (Å²) < 4.78 is 19.7. The van der Waals surface area contributed by atoms with Crippen LogP contribution in [0.25, 0.3) is 0 Å². The number of carbonyl (C=O) groups is 1. The van der Waals surface area contributed by atoms with Crippen LogP contribution in [-0.2, 0) is 4.74 Å². The molecule has 0 radical (unpaired) electrons. The molecular weight excluding hydrogens is 299 g/mol. The summed E-state index contributed by atoms with van der Waals surface area (Å²) in [5.41, 5.74) is -0.302. The van der Waals surface area contributed by atoms with E-state index in [1.54, 1.807) is 12.3 Å². The van der Waals surface area contributed by atoms with Gasteiger partial charge >= 0.3 is 6.03 Å². The minimum absolute atomic E-state index is 0.0140. The zero-order valence-electron chi connectivity index (χ0n) is 12.9. The van der Waals surface area contributed by atoms with Crippen LogP contribution in [0.2, 0.25) is 0 Å². The lowest BCUT2D eigenvalue weighted by molar-refractivity contribution is 0.0150. The van der Waals surface area contributed by atoms with Crippen molar-refractivity contribution in [2.24, 2.45) is 0 Å². The number of urea groups is 1. The Balaban J connectivity index is 1.34. The van der Waals surface area contributed by atoms with Gasteiger partial charge in [0.2, 0.25) is 0 Å². The van der Waals surface area contributed by atoms with Gasteiger partial charge in [-0.15, -0.1) is 0 Å². The van der Waals surface area contributed by atoms with Gasteiger partial charge in [0, 0.05) is 25.2 Å². The van der Waals surface area contributed by atoms with Crippen molar-refractivity contribution < 1.29 is 13.9 Å². The average Bonchev–Trinajstić information content (AvgIpc) is 3.12. The molecule has 3 fully saturated rings. The van der Waals surface area contributed by atoms with Crippen LogP contribution in [0.15, 0.2) is 18.3 Å². The number of carbonyl (C=O) groups excluding carboxylic acids is 1. The number of hydrogen-bond acceptors (Lipinski definition) is 4. The number of aromatic nitrogens is 1. The quantitative estimate of drug-likeness (QED) is 0.890. The minimum Gasteiger partial charge on any atom is -0.371 e. The number of likely N-dealkylation sites (tertiary alicyclic amines) is 1. The van der Waals surface area contributed by atoms with Gasteiger partial charge in [0.25, 0.3) is 0 Å². The number of ether oxygens (including phenoxy) is 1. The molecular formula is C16H21FN4O2. The molecule has 3 aliphatic rings. The molecule has 1 aromatic heterocycles. The summed E-state index contributed by atoms with van der Waals surface area (Å²) in [6.07, 6.45) is 5.33. The number of amides is 2. The first-order valence-electron chi connectivity index (χ1n) is 8.20. The zero-order valence-corrected chi connectivity index (χ0v) is 12.9. The highest BCUT2D eigenvalue weighted by molar-refractivity contribution is 5.75. The first kappa shape index (κ1) is 14.7. The Morgan fingerprint density at radius 2 is 2.30 bits per heavy atom. The predicted octanol–water partition coefficient (Wildman–Crippen LogP) is 1.74. The molecule has 0 aromatic carbocycles. The topological polar surface area (TPSA) is 66.5 Å². The SMILES string of the molecule is O=C(NC1CC1)N1CC[C@]2(C[C@@H](Nc3ncccc3F)CO2)C1. The van der Waals surface area contributed by atoms with E-state index in [2.05, 4.69) is 15.6 Å². The van der Waals surface area contributed by atoms with Gasteiger partial charge in [0.1, 0.15) is 0 Å². The van der Waals surface area contributed by atoms with Crippen molar-refractivity contribution in [3.05, 3.63) is 24.1 Å². The second-order valence-electron chi connectivity index (χ2n) is 6.77. The van der Waals surface area contributed by atoms with E-state index >= 15 is 0 Å². The molecule has 23 heavy (non-hydrogen) atoms. The van der Waals surface area contributed by atoms with E-state index in [4.69, 9.17) is 4.74 Å². The highest BCUT2D eigenvalue weighted by Crippen LogP contribution is 2.36. The van der Waals surface area contributed by atoms with Crippen molar-refractivity contribution in [3.63, 3.8) is 0 Å². The highest BCUT2D eigenvalue weighted by Gasteiger charge is 2.47. The van der Waals surface area contributed by atoms with Crippen LogP contribution in [0.4, 0.5) is 15.0 Å². The van der Waals surface area contributed by atoms with Gasteiger partial charge in [-0.1, -0.05) is 0 Å². The fourth-order valence-corrected chi connectivity index (χ4v) is 3.42. The van der Waals surface area contributed by atoms with Gasteiger partial charge in [-0.05, 0) is 31.4 Å². The van der Waals surface area contributed by atoms with Crippen LogP contribution in [-0.4, -0.2) is 53.3 Å². The fourth-order valence-electron chi connectivity index (χ4n) is 3.42. The van der Waals surface area contributed by atoms with E-state index in [0.717, 1.165) is 25.7 Å². The van der Waals surface area contributed by atoms with Crippen LogP contribution in [0.1, 0.15) is 25.7 Å². The summed E-state index contributed by atoms with van der Waals surface area (Å²) in [6, 6.07) is 3.36. The molecule has 2 atom stereocenters. The third-order valence-electron chi connectivity index (χ3n) is 4.82. The summed E-state index contributed by atoms with van der Waals surface area (Å²) in [5.74, 6) is -0.0928. The normalized spacial score (nSPS) is 30.0. The van der Waals surface area contributed by atoms with Crippen molar-refractivity contribution in [1.82, 2.24) is 15.2 Å². The lowest BCUT2D eigenvalue weighted by Gasteiger charge is -2.23. The molecule has 3 heterocycles. The van der Waals surface area contributed by atoms with Gasteiger partial charge in [-0.2, -0.15) is 0 Å². The van der Waals surface area contributed by atoms with Crippen molar-refractivity contribution >= 4 is 11.8 Å². The Morgan fingerprint density at radius 3 is 3.09 bits per heavy atom. The molecule has 4 rings (SSSR count). The monoisotopic (exact) mass is 320 g/mol. The van der Waals surface area contributed by atoms with E-state index in [0.29, 0.717) is 25.7 Å². The summed E-state index contributed by atoms with van der Waals surface area (Å²) >= 11 is 0. The van der Waals surface area contributed by atoms with E-state index in [1.165, 1.54) is 6.07 Å². The zero-order chi connectivity index (χ0) is 15.9. The molecule has 2 amide bonds. The number of hydrogen-bond donors (Lipinski definition) is 2. The molecule has 124 valence electrons. The lowest BCUT2D eigenvalue weighted by Crippen LogP contribution is -2.42. The van der Waals surface area contributed by atoms with Crippen molar-refractivity contribution in [3.8, 4) is 0 Å². The van der Waals surface area contributed by atoms with Crippen LogP contribution >= 0.6 is 0 Å². The minimum atomic E-state index is -0.356. The Hall–Kier alpha value is -1.89. The molecule has 1 spiro atoms. The number of anilines is 1. The molecule has 1 saturated carbocycles. The second kappa shape index (κ2) is 5.63. The first-order chi connectivity index (χ1) is 11.1. The molecule has 1 aromatic rings. The molecule has 2 saturated heterocycles. The predicted molar refractivity (Wildman–Crippen MR) is 82.6 cm³/mol. The van der Waals surface area contributed by atoms with Crippen LogP contribution in [0.5, 0.6) is 0 Å². The molecule has 1 aliphatic carbocycles. The van der Waals surface area contributed by atoms with Crippen molar-refractivity contribution in [2.75, 3.05) is 25.0 Å². The number of nitrogens with one attached hydrogen (secondary N) is 2. The standard InChI is InChI=1S/C16H21FN4O2/c17-13-2-1-6-18-14(13)19-12-8-16(23-9-12)5-7-21(10-16)15(22)20-11-3-4-11/h1-2,6,11-12H,3-5,7-10H2,(H,18,19)(H,20,22)/t12-,16+/m1/s1. The van der Waals surface area contributed by atoms with Crippen LogP contribution in [0.3, 0.4) is 0 Å². The Labute approximate surface area is 134 Å². The maximum atomic E-state index is 13.7. The molecule has 2 N–H and O–H groups in total. The van der Waals surface area contributed by atoms with Crippen molar-refractivity contribution in [1.29, 1.82) is 0 Å². The fraction of sp³-hybridized carbons (Fsp3) is 0.625. The number of halogens is 1. The average molecular weight is 320 g/mol. The third-order valence-corrected chi connectivity index (χ3v) is 4.82. The van der Waals surface area contributed by atoms with Gasteiger partial charge in [0.15, 0.2) is 11.6 Å². The highest BCUT2D eigenvalue weighted by atomic mass is 19.1. The maximum Gasteiger partial charge on any atom is 0.317 e. The van der Waals surface area contributed by atoms with Gasteiger partial charge in [0.05, 0.1) is 24.8 Å². The summed E-state index contributed by atoms with van der Waals surface area (Å²) in [4.78, 5) is 18.0. The number of rotatable bonds is 3. The lowest BCUT2D eigenvalue weighted by atomic mass is 9.97. The molecule has 0 unspecified atom stereocenters. The first-order valence-corrected chi connectivity index (χ1v) is 8.20. The van der Waals surface area contributed by atoms with Crippen molar-refractivity contribution in [2.45, 2.75) is 43.4 Å².